The van der Waals surface area contributed by atoms with Crippen molar-refractivity contribution in [2.24, 2.45) is 0 Å². The van der Waals surface area contributed by atoms with Crippen molar-refractivity contribution in [2.75, 3.05) is 18.4 Å². The number of piperidine rings is 1. The first-order valence-corrected chi connectivity index (χ1v) is 10.1. The van der Waals surface area contributed by atoms with E-state index in [0.29, 0.717) is 24.7 Å². The van der Waals surface area contributed by atoms with E-state index in [1.165, 1.54) is 16.4 Å². The number of benzene rings is 2. The molecule has 0 bridgehead atoms. The van der Waals surface area contributed by atoms with Crippen LogP contribution < -0.4 is 5.32 Å². The molecule has 144 valence electrons. The smallest absolute Gasteiger partial charge is 0.255 e. The van der Waals surface area contributed by atoms with Crippen LogP contribution in [-0.2, 0) is 10.0 Å². The van der Waals surface area contributed by atoms with Gasteiger partial charge in [-0.1, -0.05) is 12.5 Å². The molecule has 2 aromatic rings. The summed E-state index contributed by atoms with van der Waals surface area (Å²) in [6, 6.07) is 7.02. The number of nitrogens with one attached hydrogen (secondary N) is 1. The molecule has 5 nitrogen and oxygen atoms in total. The monoisotopic (exact) mass is 394 g/mol. The number of aryl methyl sites for hydroxylation is 1. The van der Waals surface area contributed by atoms with E-state index in [9.17, 15) is 22.0 Å². The quantitative estimate of drug-likeness (QED) is 0.860. The van der Waals surface area contributed by atoms with Crippen LogP contribution in [0.5, 0.6) is 0 Å². The highest BCUT2D eigenvalue weighted by atomic mass is 32.2. The molecule has 1 amide bonds. The van der Waals surface area contributed by atoms with Crippen molar-refractivity contribution in [2.45, 2.75) is 31.1 Å². The largest absolute Gasteiger partial charge is 0.322 e. The lowest BCUT2D eigenvalue weighted by atomic mass is 10.1. The van der Waals surface area contributed by atoms with Crippen LogP contribution in [0.25, 0.3) is 0 Å². The Labute approximate surface area is 157 Å². The number of amides is 1. The molecule has 0 atom stereocenters. The first-order chi connectivity index (χ1) is 12.8. The van der Waals surface area contributed by atoms with E-state index in [-0.39, 0.29) is 16.1 Å². The lowest BCUT2D eigenvalue weighted by molar-refractivity contribution is 0.102. The second kappa shape index (κ2) is 7.74. The van der Waals surface area contributed by atoms with Gasteiger partial charge in [-0.2, -0.15) is 4.31 Å². The van der Waals surface area contributed by atoms with Crippen LogP contribution in [-0.4, -0.2) is 31.7 Å². The third-order valence-electron chi connectivity index (χ3n) is 4.53. The summed E-state index contributed by atoms with van der Waals surface area (Å²) in [6.07, 6.45) is 2.62. The Morgan fingerprint density at radius 3 is 2.26 bits per heavy atom. The molecule has 0 unspecified atom stereocenters. The fraction of sp³-hybridized carbons (Fsp3) is 0.316. The second-order valence-electron chi connectivity index (χ2n) is 6.55. The Bertz CT molecular complexity index is 951. The van der Waals surface area contributed by atoms with Gasteiger partial charge in [0.15, 0.2) is 0 Å². The number of rotatable bonds is 4. The van der Waals surface area contributed by atoms with E-state index in [4.69, 9.17) is 0 Å². The molecule has 3 rings (SSSR count). The lowest BCUT2D eigenvalue weighted by Gasteiger charge is -2.26. The summed E-state index contributed by atoms with van der Waals surface area (Å²) in [5.74, 6) is -2.26. The van der Waals surface area contributed by atoms with E-state index in [1.54, 1.807) is 13.0 Å². The number of halogens is 2. The maximum Gasteiger partial charge on any atom is 0.255 e. The Balaban J connectivity index is 1.89. The number of nitrogens with zero attached hydrogens (tertiary/aromatic N) is 1. The minimum absolute atomic E-state index is 0.0329. The van der Waals surface area contributed by atoms with Gasteiger partial charge in [-0.3, -0.25) is 4.79 Å². The van der Waals surface area contributed by atoms with Crippen molar-refractivity contribution in [1.82, 2.24) is 4.31 Å². The molecule has 1 heterocycles. The molecule has 1 saturated heterocycles. The van der Waals surface area contributed by atoms with Crippen LogP contribution >= 0.6 is 0 Å². The number of hydrogen-bond acceptors (Lipinski definition) is 3. The summed E-state index contributed by atoms with van der Waals surface area (Å²) >= 11 is 0. The number of carbonyl (C=O) groups is 1. The van der Waals surface area contributed by atoms with Crippen molar-refractivity contribution in [3.8, 4) is 0 Å². The maximum absolute atomic E-state index is 13.3. The Kier molecular flexibility index (Phi) is 5.57. The van der Waals surface area contributed by atoms with Gasteiger partial charge >= 0.3 is 0 Å². The highest BCUT2D eigenvalue weighted by Crippen LogP contribution is 2.23. The molecule has 1 aliphatic heterocycles. The lowest BCUT2D eigenvalue weighted by Crippen LogP contribution is -2.35. The van der Waals surface area contributed by atoms with Gasteiger partial charge < -0.3 is 5.32 Å². The molecule has 1 fully saturated rings. The predicted molar refractivity (Wildman–Crippen MR) is 98.1 cm³/mol. The van der Waals surface area contributed by atoms with Gasteiger partial charge in [0.25, 0.3) is 5.91 Å². The zero-order valence-corrected chi connectivity index (χ0v) is 15.7. The van der Waals surface area contributed by atoms with Gasteiger partial charge in [0.05, 0.1) is 4.90 Å². The van der Waals surface area contributed by atoms with Crippen molar-refractivity contribution in [3.63, 3.8) is 0 Å². The van der Waals surface area contributed by atoms with E-state index in [2.05, 4.69) is 5.32 Å². The number of sulfonamides is 1. The average molecular weight is 394 g/mol. The van der Waals surface area contributed by atoms with Crippen molar-refractivity contribution in [1.29, 1.82) is 0 Å². The summed E-state index contributed by atoms with van der Waals surface area (Å²) in [7, 11) is -3.69. The minimum Gasteiger partial charge on any atom is -0.322 e. The molecule has 8 heteroatoms. The SMILES string of the molecule is Cc1ccc(S(=O)(=O)N2CCCCC2)cc1C(=O)Nc1cc(F)cc(F)c1. The molecule has 1 N–H and O–H groups in total. The van der Waals surface area contributed by atoms with E-state index < -0.39 is 27.6 Å². The Hall–Kier alpha value is -2.32. The van der Waals surface area contributed by atoms with Crippen molar-refractivity contribution >= 4 is 21.6 Å². The number of hydrogen-bond donors (Lipinski definition) is 1. The third kappa shape index (κ3) is 4.33. The molecular formula is C19H20F2N2O3S. The maximum atomic E-state index is 13.3. The van der Waals surface area contributed by atoms with Gasteiger partial charge in [0.2, 0.25) is 10.0 Å². The van der Waals surface area contributed by atoms with Crippen LogP contribution in [0, 0.1) is 18.6 Å². The van der Waals surface area contributed by atoms with Gasteiger partial charge in [0, 0.05) is 30.4 Å². The predicted octanol–water partition coefficient (Wildman–Crippen LogP) is 3.70. The second-order valence-corrected chi connectivity index (χ2v) is 8.49. The van der Waals surface area contributed by atoms with Crippen LogP contribution in [0.4, 0.5) is 14.5 Å². The minimum atomic E-state index is -3.69. The first kappa shape index (κ1) is 19.4. The Morgan fingerprint density at radius 1 is 1.00 bits per heavy atom. The summed E-state index contributed by atoms with van der Waals surface area (Å²) in [6.45, 7) is 2.58. The van der Waals surface area contributed by atoms with Crippen LogP contribution in [0.3, 0.4) is 0 Å². The molecule has 0 spiro atoms. The standard InChI is InChI=1S/C19H20F2N2O3S/c1-13-5-6-17(27(25,26)23-7-3-2-4-8-23)12-18(13)19(24)22-16-10-14(20)9-15(21)11-16/h5-6,9-12H,2-4,7-8H2,1H3,(H,22,24). The molecular weight excluding hydrogens is 374 g/mol. The van der Waals surface area contributed by atoms with E-state index in [0.717, 1.165) is 31.4 Å². The summed E-state index contributed by atoms with van der Waals surface area (Å²) in [5, 5.41) is 2.41. The average Bonchev–Trinajstić information content (AvgIpc) is 2.61. The molecule has 0 radical (unpaired) electrons. The van der Waals surface area contributed by atoms with Gasteiger partial charge in [-0.15, -0.1) is 0 Å². The number of anilines is 1. The Morgan fingerprint density at radius 2 is 1.63 bits per heavy atom. The topological polar surface area (TPSA) is 66.5 Å². The van der Waals surface area contributed by atoms with Crippen LogP contribution in [0.2, 0.25) is 0 Å². The van der Waals surface area contributed by atoms with Gasteiger partial charge in [-0.25, -0.2) is 17.2 Å². The summed E-state index contributed by atoms with van der Waals surface area (Å²) < 4.78 is 53.7. The normalized spacial score (nSPS) is 15.5. The van der Waals surface area contributed by atoms with Gasteiger partial charge in [0.1, 0.15) is 11.6 Å². The van der Waals surface area contributed by atoms with Crippen LogP contribution in [0.1, 0.15) is 35.2 Å². The summed E-state index contributed by atoms with van der Waals surface area (Å²) in [5.41, 5.74) is 0.654. The first-order valence-electron chi connectivity index (χ1n) is 8.65. The van der Waals surface area contributed by atoms with Crippen molar-refractivity contribution < 1.29 is 22.0 Å². The highest BCUT2D eigenvalue weighted by molar-refractivity contribution is 7.89. The number of carbonyl (C=O) groups excluding carboxylic acids is 1. The molecule has 0 aromatic heterocycles. The fourth-order valence-electron chi connectivity index (χ4n) is 3.08. The van der Waals surface area contributed by atoms with E-state index in [1.807, 2.05) is 0 Å². The van der Waals surface area contributed by atoms with Gasteiger partial charge in [-0.05, 0) is 49.6 Å². The summed E-state index contributed by atoms with van der Waals surface area (Å²) in [4.78, 5) is 12.6. The molecule has 0 aliphatic carbocycles. The van der Waals surface area contributed by atoms with Crippen LogP contribution in [0.15, 0.2) is 41.3 Å². The molecule has 1 aliphatic rings. The highest BCUT2D eigenvalue weighted by Gasteiger charge is 2.27. The van der Waals surface area contributed by atoms with E-state index >= 15 is 0 Å². The molecule has 0 saturated carbocycles. The van der Waals surface area contributed by atoms with Crippen molar-refractivity contribution in [3.05, 3.63) is 59.2 Å². The third-order valence-corrected chi connectivity index (χ3v) is 6.42. The fourth-order valence-corrected chi connectivity index (χ4v) is 4.63. The zero-order chi connectivity index (χ0) is 19.6. The zero-order valence-electron chi connectivity index (χ0n) is 14.8. The molecule has 2 aromatic carbocycles. The molecule has 27 heavy (non-hydrogen) atoms.